The van der Waals surface area contributed by atoms with Crippen molar-refractivity contribution >= 4 is 35.1 Å². The molecule has 0 heterocycles. The first kappa shape index (κ1) is 15.7. The number of nitrogens with zero attached hydrogens (tertiary/aromatic N) is 1. The van der Waals surface area contributed by atoms with Crippen LogP contribution < -0.4 is 5.43 Å². The third-order valence-electron chi connectivity index (χ3n) is 2.57. The minimum absolute atomic E-state index is 0.431. The standard InChI is InChI=1S/C14H9Cl2F3N2/c15-11-4-1-9(13(16)7-11)8-20-21-12-5-2-10(3-6-12)14(17,18)19/h1-8,21H. The Morgan fingerprint density at radius 2 is 1.67 bits per heavy atom. The second-order valence-corrected chi connectivity index (χ2v) is 4.95. The maximum Gasteiger partial charge on any atom is 0.416 e. The van der Waals surface area contributed by atoms with Crippen LogP contribution in [0.1, 0.15) is 11.1 Å². The van der Waals surface area contributed by atoms with Crippen molar-refractivity contribution in [2.75, 3.05) is 5.43 Å². The molecule has 21 heavy (non-hydrogen) atoms. The van der Waals surface area contributed by atoms with Crippen molar-refractivity contribution in [1.82, 2.24) is 0 Å². The zero-order valence-corrected chi connectivity index (χ0v) is 12.0. The van der Waals surface area contributed by atoms with Crippen LogP contribution in [0.4, 0.5) is 18.9 Å². The summed E-state index contributed by atoms with van der Waals surface area (Å²) in [6.07, 6.45) is -2.89. The van der Waals surface area contributed by atoms with Crippen LogP contribution in [0.3, 0.4) is 0 Å². The molecule has 0 aliphatic carbocycles. The molecule has 0 fully saturated rings. The molecule has 0 spiro atoms. The van der Waals surface area contributed by atoms with Gasteiger partial charge >= 0.3 is 6.18 Å². The number of benzene rings is 2. The van der Waals surface area contributed by atoms with E-state index in [9.17, 15) is 13.2 Å². The number of nitrogens with one attached hydrogen (secondary N) is 1. The lowest BCUT2D eigenvalue weighted by Crippen LogP contribution is -2.04. The van der Waals surface area contributed by atoms with E-state index < -0.39 is 11.7 Å². The molecule has 2 nitrogen and oxygen atoms in total. The zero-order valence-electron chi connectivity index (χ0n) is 10.5. The van der Waals surface area contributed by atoms with Gasteiger partial charge in [-0.15, -0.1) is 0 Å². The monoisotopic (exact) mass is 332 g/mol. The zero-order chi connectivity index (χ0) is 15.5. The molecule has 1 N–H and O–H groups in total. The van der Waals surface area contributed by atoms with Gasteiger partial charge in [0.25, 0.3) is 0 Å². The first-order valence-corrected chi connectivity index (χ1v) is 6.53. The van der Waals surface area contributed by atoms with E-state index in [0.717, 1.165) is 12.1 Å². The lowest BCUT2D eigenvalue weighted by molar-refractivity contribution is -0.137. The van der Waals surface area contributed by atoms with Gasteiger partial charge in [-0.1, -0.05) is 29.3 Å². The Bertz CT molecular complexity index is 652. The number of halogens is 5. The fourth-order valence-electron chi connectivity index (χ4n) is 1.52. The Balaban J connectivity index is 2.04. The molecule has 0 saturated heterocycles. The minimum atomic E-state index is -4.35. The summed E-state index contributed by atoms with van der Waals surface area (Å²) in [5.74, 6) is 0. The van der Waals surface area contributed by atoms with E-state index in [0.29, 0.717) is 21.3 Å². The molecule has 110 valence electrons. The van der Waals surface area contributed by atoms with Gasteiger partial charge in [-0.25, -0.2) is 0 Å². The summed E-state index contributed by atoms with van der Waals surface area (Å²) in [4.78, 5) is 0. The van der Waals surface area contributed by atoms with Crippen molar-refractivity contribution in [1.29, 1.82) is 0 Å². The number of hydrazone groups is 1. The molecule has 2 rings (SSSR count). The first-order valence-electron chi connectivity index (χ1n) is 5.77. The average Bonchev–Trinajstić information content (AvgIpc) is 2.41. The highest BCUT2D eigenvalue weighted by Crippen LogP contribution is 2.29. The van der Waals surface area contributed by atoms with Gasteiger partial charge in [0.05, 0.1) is 22.5 Å². The highest BCUT2D eigenvalue weighted by molar-refractivity contribution is 6.36. The third kappa shape index (κ3) is 4.37. The van der Waals surface area contributed by atoms with Crippen LogP contribution in [0.15, 0.2) is 47.6 Å². The predicted octanol–water partition coefficient (Wildman–Crippen LogP) is 5.46. The van der Waals surface area contributed by atoms with E-state index in [-0.39, 0.29) is 0 Å². The van der Waals surface area contributed by atoms with Crippen molar-refractivity contribution in [2.45, 2.75) is 6.18 Å². The quantitative estimate of drug-likeness (QED) is 0.585. The predicted molar refractivity (Wildman–Crippen MR) is 79.1 cm³/mol. The van der Waals surface area contributed by atoms with E-state index >= 15 is 0 Å². The van der Waals surface area contributed by atoms with Crippen molar-refractivity contribution < 1.29 is 13.2 Å². The van der Waals surface area contributed by atoms with Crippen molar-refractivity contribution in [3.8, 4) is 0 Å². The third-order valence-corrected chi connectivity index (χ3v) is 3.13. The lowest BCUT2D eigenvalue weighted by atomic mass is 10.2. The van der Waals surface area contributed by atoms with Crippen LogP contribution in [0.25, 0.3) is 0 Å². The molecule has 0 amide bonds. The SMILES string of the molecule is FC(F)(F)c1ccc(NN=Cc2ccc(Cl)cc2Cl)cc1. The summed E-state index contributed by atoms with van der Waals surface area (Å²) < 4.78 is 37.2. The average molecular weight is 333 g/mol. The van der Waals surface area contributed by atoms with Crippen molar-refractivity contribution in [3.63, 3.8) is 0 Å². The summed E-state index contributed by atoms with van der Waals surface area (Å²) in [6.45, 7) is 0. The topological polar surface area (TPSA) is 24.4 Å². The van der Waals surface area contributed by atoms with Gasteiger partial charge in [-0.05, 0) is 36.4 Å². The second kappa shape index (κ2) is 6.37. The van der Waals surface area contributed by atoms with Crippen molar-refractivity contribution in [3.05, 3.63) is 63.6 Å². The van der Waals surface area contributed by atoms with Gasteiger partial charge in [0.2, 0.25) is 0 Å². The molecule has 0 bridgehead atoms. The van der Waals surface area contributed by atoms with Crippen LogP contribution >= 0.6 is 23.2 Å². The summed E-state index contributed by atoms with van der Waals surface area (Å²) in [6, 6.07) is 9.46. The Hall–Kier alpha value is -1.72. The molecule has 2 aromatic rings. The van der Waals surface area contributed by atoms with Crippen LogP contribution in [0.5, 0.6) is 0 Å². The van der Waals surface area contributed by atoms with E-state index in [1.54, 1.807) is 18.2 Å². The van der Waals surface area contributed by atoms with E-state index in [4.69, 9.17) is 23.2 Å². The van der Waals surface area contributed by atoms with Crippen LogP contribution in [-0.2, 0) is 6.18 Å². The van der Waals surface area contributed by atoms with E-state index in [1.165, 1.54) is 18.3 Å². The Morgan fingerprint density at radius 3 is 2.24 bits per heavy atom. The van der Waals surface area contributed by atoms with Crippen LogP contribution in [0, 0.1) is 0 Å². The van der Waals surface area contributed by atoms with Crippen molar-refractivity contribution in [2.24, 2.45) is 5.10 Å². The fraction of sp³-hybridized carbons (Fsp3) is 0.0714. The maximum absolute atomic E-state index is 12.4. The summed E-state index contributed by atoms with van der Waals surface area (Å²) in [7, 11) is 0. The minimum Gasteiger partial charge on any atom is -0.279 e. The molecular formula is C14H9Cl2F3N2. The molecule has 0 radical (unpaired) electrons. The fourth-order valence-corrected chi connectivity index (χ4v) is 1.97. The van der Waals surface area contributed by atoms with Gasteiger partial charge < -0.3 is 0 Å². The number of anilines is 1. The normalized spacial score (nSPS) is 11.9. The van der Waals surface area contributed by atoms with Crippen LogP contribution in [-0.4, -0.2) is 6.21 Å². The summed E-state index contributed by atoms with van der Waals surface area (Å²) in [5, 5.41) is 4.85. The molecule has 0 aliphatic heterocycles. The van der Waals surface area contributed by atoms with E-state index in [2.05, 4.69) is 10.5 Å². The first-order chi connectivity index (χ1) is 9.86. The Morgan fingerprint density at radius 1 is 1.00 bits per heavy atom. The van der Waals surface area contributed by atoms with Gasteiger partial charge in [0.1, 0.15) is 0 Å². The highest BCUT2D eigenvalue weighted by Gasteiger charge is 2.29. The molecule has 0 aromatic heterocycles. The van der Waals surface area contributed by atoms with Crippen LogP contribution in [0.2, 0.25) is 10.0 Å². The molecular weight excluding hydrogens is 324 g/mol. The molecule has 0 atom stereocenters. The lowest BCUT2D eigenvalue weighted by Gasteiger charge is -2.07. The highest BCUT2D eigenvalue weighted by atomic mass is 35.5. The smallest absolute Gasteiger partial charge is 0.279 e. The van der Waals surface area contributed by atoms with Gasteiger partial charge in [0, 0.05) is 10.6 Å². The largest absolute Gasteiger partial charge is 0.416 e. The number of hydrogen-bond donors (Lipinski definition) is 1. The van der Waals surface area contributed by atoms with Gasteiger partial charge in [0.15, 0.2) is 0 Å². The molecule has 0 saturated carbocycles. The maximum atomic E-state index is 12.4. The number of hydrogen-bond acceptors (Lipinski definition) is 2. The molecule has 0 aliphatic rings. The molecule has 0 unspecified atom stereocenters. The molecule has 2 aromatic carbocycles. The second-order valence-electron chi connectivity index (χ2n) is 4.11. The summed E-state index contributed by atoms with van der Waals surface area (Å²) >= 11 is 11.7. The number of rotatable bonds is 3. The number of alkyl halides is 3. The Labute approximate surface area is 129 Å². The Kier molecular flexibility index (Phi) is 4.75. The molecule has 7 heteroatoms. The van der Waals surface area contributed by atoms with Gasteiger partial charge in [-0.2, -0.15) is 18.3 Å². The van der Waals surface area contributed by atoms with E-state index in [1.807, 2.05) is 0 Å². The van der Waals surface area contributed by atoms with Gasteiger partial charge in [-0.3, -0.25) is 5.43 Å². The summed E-state index contributed by atoms with van der Waals surface area (Å²) in [5.41, 5.74) is 2.99.